The Balaban J connectivity index is 1.29. The quantitative estimate of drug-likeness (QED) is 0.781. The fourth-order valence-electron chi connectivity index (χ4n) is 4.17. The van der Waals surface area contributed by atoms with Gasteiger partial charge in [0.05, 0.1) is 0 Å². The Bertz CT molecular complexity index is 869. The molecule has 0 bridgehead atoms. The molecule has 0 atom stereocenters. The van der Waals surface area contributed by atoms with E-state index < -0.39 is 0 Å². The molecule has 0 saturated carbocycles. The van der Waals surface area contributed by atoms with Crippen LogP contribution in [0.15, 0.2) is 48.5 Å². The molecule has 2 saturated heterocycles. The Labute approximate surface area is 178 Å². The zero-order chi connectivity index (χ0) is 20.8. The standard InChI is InChI=1S/C24H30N4O2/c29-23(28-15-2-1-3-16-28)20-7-6-8-21(17-20)26-24(30)25-18-19-9-11-22(12-10-19)27-13-4-5-14-27/h6-12,17H,1-5,13-16,18H2,(H2,25,26,30). The molecule has 6 nitrogen and oxygen atoms in total. The summed E-state index contributed by atoms with van der Waals surface area (Å²) < 4.78 is 0. The highest BCUT2D eigenvalue weighted by Gasteiger charge is 2.18. The third-order valence-corrected chi connectivity index (χ3v) is 5.87. The zero-order valence-corrected chi connectivity index (χ0v) is 17.4. The first-order valence-electron chi connectivity index (χ1n) is 11.0. The Hall–Kier alpha value is -3.02. The van der Waals surface area contributed by atoms with E-state index in [1.165, 1.54) is 24.9 Å². The van der Waals surface area contributed by atoms with Crippen LogP contribution < -0.4 is 15.5 Å². The number of nitrogens with one attached hydrogen (secondary N) is 2. The average Bonchev–Trinajstić information content (AvgIpc) is 3.33. The maximum absolute atomic E-state index is 12.7. The summed E-state index contributed by atoms with van der Waals surface area (Å²) in [7, 11) is 0. The molecule has 3 amide bonds. The topological polar surface area (TPSA) is 64.7 Å². The van der Waals surface area contributed by atoms with Gasteiger partial charge in [0.15, 0.2) is 0 Å². The second-order valence-corrected chi connectivity index (χ2v) is 8.10. The summed E-state index contributed by atoms with van der Waals surface area (Å²) in [6, 6.07) is 15.3. The van der Waals surface area contributed by atoms with Gasteiger partial charge in [-0.3, -0.25) is 4.79 Å². The van der Waals surface area contributed by atoms with Gasteiger partial charge in [0.1, 0.15) is 0 Å². The molecule has 6 heteroatoms. The minimum Gasteiger partial charge on any atom is -0.372 e. The smallest absolute Gasteiger partial charge is 0.319 e. The van der Waals surface area contributed by atoms with Gasteiger partial charge in [-0.2, -0.15) is 0 Å². The van der Waals surface area contributed by atoms with Crippen LogP contribution in [0.5, 0.6) is 0 Å². The van der Waals surface area contributed by atoms with Gasteiger partial charge >= 0.3 is 6.03 Å². The van der Waals surface area contributed by atoms with Crippen LogP contribution in [-0.4, -0.2) is 43.0 Å². The highest BCUT2D eigenvalue weighted by Crippen LogP contribution is 2.20. The lowest BCUT2D eigenvalue weighted by molar-refractivity contribution is 0.0724. The molecule has 2 fully saturated rings. The van der Waals surface area contributed by atoms with Crippen molar-refractivity contribution in [2.45, 2.75) is 38.6 Å². The first-order valence-corrected chi connectivity index (χ1v) is 11.0. The third kappa shape index (κ3) is 5.12. The van der Waals surface area contributed by atoms with Crippen LogP contribution in [0, 0.1) is 0 Å². The number of carbonyl (C=O) groups is 2. The van der Waals surface area contributed by atoms with Crippen LogP contribution >= 0.6 is 0 Å². The van der Waals surface area contributed by atoms with Crippen molar-refractivity contribution >= 4 is 23.3 Å². The fraction of sp³-hybridized carbons (Fsp3) is 0.417. The highest BCUT2D eigenvalue weighted by atomic mass is 16.2. The molecule has 30 heavy (non-hydrogen) atoms. The number of piperidine rings is 1. The molecule has 2 aromatic rings. The van der Waals surface area contributed by atoms with Crippen molar-refractivity contribution in [3.63, 3.8) is 0 Å². The van der Waals surface area contributed by atoms with E-state index in [2.05, 4.69) is 39.8 Å². The summed E-state index contributed by atoms with van der Waals surface area (Å²) in [5.41, 5.74) is 3.55. The molecule has 4 rings (SSSR count). The van der Waals surface area contributed by atoms with Crippen molar-refractivity contribution in [2.24, 2.45) is 0 Å². The predicted molar refractivity (Wildman–Crippen MR) is 120 cm³/mol. The number of hydrogen-bond donors (Lipinski definition) is 2. The molecule has 0 aliphatic carbocycles. The van der Waals surface area contributed by atoms with Gasteiger partial charge in [0, 0.05) is 49.7 Å². The first kappa shape index (κ1) is 20.3. The number of urea groups is 1. The number of benzene rings is 2. The summed E-state index contributed by atoms with van der Waals surface area (Å²) >= 11 is 0. The van der Waals surface area contributed by atoms with Crippen molar-refractivity contribution in [1.82, 2.24) is 10.2 Å². The molecule has 0 unspecified atom stereocenters. The average molecular weight is 407 g/mol. The van der Waals surface area contributed by atoms with E-state index in [1.807, 2.05) is 17.0 Å². The Morgan fingerprint density at radius 2 is 1.53 bits per heavy atom. The fourth-order valence-corrected chi connectivity index (χ4v) is 4.17. The number of hydrogen-bond acceptors (Lipinski definition) is 3. The summed E-state index contributed by atoms with van der Waals surface area (Å²) in [5.74, 6) is 0.0388. The summed E-state index contributed by atoms with van der Waals surface area (Å²) in [6.07, 6.45) is 5.82. The zero-order valence-electron chi connectivity index (χ0n) is 17.4. The van der Waals surface area contributed by atoms with Crippen LogP contribution in [-0.2, 0) is 6.54 Å². The van der Waals surface area contributed by atoms with E-state index in [1.54, 1.807) is 12.1 Å². The molecule has 0 aromatic heterocycles. The van der Waals surface area contributed by atoms with Gasteiger partial charge in [-0.25, -0.2) is 4.79 Å². The predicted octanol–water partition coefficient (Wildman–Crippen LogP) is 4.23. The first-order chi connectivity index (χ1) is 14.7. The minimum absolute atomic E-state index is 0.0388. The van der Waals surface area contributed by atoms with E-state index in [9.17, 15) is 9.59 Å². The van der Waals surface area contributed by atoms with Gasteiger partial charge in [-0.15, -0.1) is 0 Å². The second-order valence-electron chi connectivity index (χ2n) is 8.10. The number of rotatable bonds is 5. The number of anilines is 2. The number of amides is 3. The van der Waals surface area contributed by atoms with E-state index >= 15 is 0 Å². The number of carbonyl (C=O) groups excluding carboxylic acids is 2. The Morgan fingerprint density at radius 3 is 2.27 bits per heavy atom. The SMILES string of the molecule is O=C(NCc1ccc(N2CCCC2)cc1)Nc1cccc(C(=O)N2CCCCC2)c1. The molecule has 0 spiro atoms. The number of likely N-dealkylation sites (tertiary alicyclic amines) is 1. The van der Waals surface area contributed by atoms with Crippen molar-refractivity contribution < 1.29 is 9.59 Å². The Kier molecular flexibility index (Phi) is 6.52. The lowest BCUT2D eigenvalue weighted by Gasteiger charge is -2.26. The van der Waals surface area contributed by atoms with Crippen LogP contribution in [0.2, 0.25) is 0 Å². The summed E-state index contributed by atoms with van der Waals surface area (Å²) in [4.78, 5) is 29.3. The Morgan fingerprint density at radius 1 is 0.833 bits per heavy atom. The van der Waals surface area contributed by atoms with Crippen LogP contribution in [0.3, 0.4) is 0 Å². The second kappa shape index (κ2) is 9.65. The highest BCUT2D eigenvalue weighted by molar-refractivity contribution is 5.97. The van der Waals surface area contributed by atoms with Crippen molar-refractivity contribution in [1.29, 1.82) is 0 Å². The van der Waals surface area contributed by atoms with Gasteiger partial charge in [-0.1, -0.05) is 18.2 Å². The largest absolute Gasteiger partial charge is 0.372 e. The summed E-state index contributed by atoms with van der Waals surface area (Å²) in [6.45, 7) is 4.33. The van der Waals surface area contributed by atoms with E-state index in [4.69, 9.17) is 0 Å². The molecule has 0 radical (unpaired) electrons. The van der Waals surface area contributed by atoms with Gasteiger partial charge in [-0.05, 0) is 68.0 Å². The maximum atomic E-state index is 12.7. The van der Waals surface area contributed by atoms with Crippen LogP contribution in [0.25, 0.3) is 0 Å². The molecular weight excluding hydrogens is 376 g/mol. The van der Waals surface area contributed by atoms with E-state index in [0.29, 0.717) is 17.8 Å². The van der Waals surface area contributed by atoms with Crippen molar-refractivity contribution in [3.8, 4) is 0 Å². The lowest BCUT2D eigenvalue weighted by atomic mass is 10.1. The lowest BCUT2D eigenvalue weighted by Crippen LogP contribution is -2.35. The minimum atomic E-state index is -0.277. The van der Waals surface area contributed by atoms with Gasteiger partial charge in [0.2, 0.25) is 0 Å². The molecule has 2 N–H and O–H groups in total. The van der Waals surface area contributed by atoms with Crippen molar-refractivity contribution in [2.75, 3.05) is 36.4 Å². The molecule has 2 aromatic carbocycles. The van der Waals surface area contributed by atoms with Gasteiger partial charge in [0.25, 0.3) is 5.91 Å². The van der Waals surface area contributed by atoms with Crippen molar-refractivity contribution in [3.05, 3.63) is 59.7 Å². The van der Waals surface area contributed by atoms with E-state index in [-0.39, 0.29) is 11.9 Å². The van der Waals surface area contributed by atoms with Crippen LogP contribution in [0.4, 0.5) is 16.2 Å². The van der Waals surface area contributed by atoms with E-state index in [0.717, 1.165) is 44.6 Å². The molecule has 2 heterocycles. The number of nitrogens with zero attached hydrogens (tertiary/aromatic N) is 2. The van der Waals surface area contributed by atoms with Gasteiger partial charge < -0.3 is 20.4 Å². The summed E-state index contributed by atoms with van der Waals surface area (Å²) in [5, 5.41) is 5.73. The molecular formula is C24H30N4O2. The van der Waals surface area contributed by atoms with Crippen LogP contribution in [0.1, 0.15) is 48.0 Å². The molecule has 2 aliphatic heterocycles. The normalized spacial score (nSPS) is 16.4. The maximum Gasteiger partial charge on any atom is 0.319 e. The monoisotopic (exact) mass is 406 g/mol. The molecule has 2 aliphatic rings. The third-order valence-electron chi connectivity index (χ3n) is 5.87. The molecule has 158 valence electrons.